The Bertz CT molecular complexity index is 882. The summed E-state index contributed by atoms with van der Waals surface area (Å²) in [6.07, 6.45) is 0. The molecule has 0 aliphatic rings. The van der Waals surface area contributed by atoms with E-state index in [-0.39, 0.29) is 29.0 Å². The molecule has 1 amide bonds. The second kappa shape index (κ2) is 8.79. The van der Waals surface area contributed by atoms with Crippen molar-refractivity contribution < 1.29 is 28.2 Å². The molecular weight excluding hydrogens is 355 g/mol. The minimum atomic E-state index is -0.681. The lowest BCUT2D eigenvalue weighted by atomic mass is 10.1. The summed E-state index contributed by atoms with van der Waals surface area (Å²) in [7, 11) is 2.42. The van der Waals surface area contributed by atoms with Gasteiger partial charge in [-0.2, -0.15) is 0 Å². The van der Waals surface area contributed by atoms with Crippen LogP contribution in [0.1, 0.15) is 26.3 Å². The maximum Gasteiger partial charge on any atom is 0.339 e. The van der Waals surface area contributed by atoms with Crippen LogP contribution in [0.15, 0.2) is 36.4 Å². The molecule has 0 radical (unpaired) electrons. The number of hydrogen-bond donors (Lipinski definition) is 2. The summed E-state index contributed by atoms with van der Waals surface area (Å²) in [5.41, 5.74) is 1.23. The summed E-state index contributed by atoms with van der Waals surface area (Å²) in [4.78, 5) is 35.8. The van der Waals surface area contributed by atoms with Gasteiger partial charge < -0.3 is 20.1 Å². The molecule has 0 spiro atoms. The van der Waals surface area contributed by atoms with E-state index in [4.69, 9.17) is 0 Å². The number of hydrogen-bond acceptors (Lipinski definition) is 6. The van der Waals surface area contributed by atoms with Crippen LogP contribution in [0, 0.1) is 12.7 Å². The third-order valence-corrected chi connectivity index (χ3v) is 3.68. The maximum absolute atomic E-state index is 13.8. The summed E-state index contributed by atoms with van der Waals surface area (Å²) < 4.78 is 23.1. The number of halogens is 1. The number of carbonyl (C=O) groups is 3. The van der Waals surface area contributed by atoms with Gasteiger partial charge in [-0.3, -0.25) is 4.79 Å². The highest BCUT2D eigenvalue weighted by Gasteiger charge is 2.17. The normalized spacial score (nSPS) is 10.1. The minimum absolute atomic E-state index is 0.0695. The van der Waals surface area contributed by atoms with Crippen molar-refractivity contribution in [2.24, 2.45) is 0 Å². The summed E-state index contributed by atoms with van der Waals surface area (Å²) in [6, 6.07) is 8.61. The van der Waals surface area contributed by atoms with E-state index in [0.29, 0.717) is 0 Å². The first-order valence-electron chi connectivity index (χ1n) is 7.96. The van der Waals surface area contributed by atoms with Crippen LogP contribution < -0.4 is 10.6 Å². The Labute approximate surface area is 155 Å². The molecule has 0 heterocycles. The highest BCUT2D eigenvalue weighted by molar-refractivity contribution is 6.04. The van der Waals surface area contributed by atoms with Crippen molar-refractivity contribution in [2.45, 2.75) is 6.92 Å². The number of amides is 1. The van der Waals surface area contributed by atoms with Crippen LogP contribution in [0.25, 0.3) is 0 Å². The first-order valence-corrected chi connectivity index (χ1v) is 7.96. The van der Waals surface area contributed by atoms with Gasteiger partial charge in [0.25, 0.3) is 0 Å². The molecule has 7 nitrogen and oxygen atoms in total. The molecule has 142 valence electrons. The highest BCUT2D eigenvalue weighted by atomic mass is 19.1. The van der Waals surface area contributed by atoms with Crippen molar-refractivity contribution in [1.29, 1.82) is 0 Å². The molecule has 27 heavy (non-hydrogen) atoms. The Hall–Kier alpha value is -3.42. The molecule has 0 atom stereocenters. The molecule has 0 saturated heterocycles. The summed E-state index contributed by atoms with van der Waals surface area (Å²) >= 11 is 0. The Morgan fingerprint density at radius 2 is 1.67 bits per heavy atom. The van der Waals surface area contributed by atoms with Crippen LogP contribution in [0.2, 0.25) is 0 Å². The van der Waals surface area contributed by atoms with Gasteiger partial charge in [0.15, 0.2) is 0 Å². The van der Waals surface area contributed by atoms with Gasteiger partial charge in [-0.1, -0.05) is 6.07 Å². The lowest BCUT2D eigenvalue weighted by Gasteiger charge is -2.12. The second-order valence-electron chi connectivity index (χ2n) is 5.63. The molecule has 0 saturated carbocycles. The van der Waals surface area contributed by atoms with Gasteiger partial charge in [0.1, 0.15) is 5.82 Å². The van der Waals surface area contributed by atoms with Crippen molar-refractivity contribution >= 4 is 29.2 Å². The van der Waals surface area contributed by atoms with Crippen molar-refractivity contribution in [3.05, 3.63) is 58.9 Å². The van der Waals surface area contributed by atoms with Crippen molar-refractivity contribution in [3.8, 4) is 0 Å². The van der Waals surface area contributed by atoms with Gasteiger partial charge >= 0.3 is 11.9 Å². The Kier molecular flexibility index (Phi) is 6.48. The number of methoxy groups -OCH3 is 2. The highest BCUT2D eigenvalue weighted by Crippen LogP contribution is 2.20. The molecule has 0 aliphatic carbocycles. The average molecular weight is 374 g/mol. The zero-order valence-corrected chi connectivity index (χ0v) is 15.1. The topological polar surface area (TPSA) is 93.7 Å². The summed E-state index contributed by atoms with van der Waals surface area (Å²) in [5.74, 6) is -2.33. The number of aryl methyl sites for hydroxylation is 1. The van der Waals surface area contributed by atoms with Gasteiger partial charge in [-0.25, -0.2) is 14.0 Å². The molecule has 0 aliphatic heterocycles. The first-order chi connectivity index (χ1) is 12.8. The molecular formula is C19H19FN2O5. The van der Waals surface area contributed by atoms with Crippen LogP contribution in [0.3, 0.4) is 0 Å². The molecule has 0 bridgehead atoms. The molecule has 0 unspecified atom stereocenters. The van der Waals surface area contributed by atoms with E-state index in [1.54, 1.807) is 13.0 Å². The Morgan fingerprint density at radius 3 is 2.30 bits per heavy atom. The van der Waals surface area contributed by atoms with E-state index in [9.17, 15) is 18.8 Å². The SMILES string of the molecule is COC(=O)c1ccc(C(=O)OC)c(NC(=O)CNc2ccc(C)cc2F)c1. The summed E-state index contributed by atoms with van der Waals surface area (Å²) in [5, 5.41) is 5.19. The Morgan fingerprint density at radius 1 is 0.963 bits per heavy atom. The van der Waals surface area contributed by atoms with Crippen molar-refractivity contribution in [3.63, 3.8) is 0 Å². The molecule has 0 fully saturated rings. The van der Waals surface area contributed by atoms with Gasteiger partial charge in [-0.15, -0.1) is 0 Å². The van der Waals surface area contributed by atoms with E-state index >= 15 is 0 Å². The van der Waals surface area contributed by atoms with Crippen LogP contribution in [0.5, 0.6) is 0 Å². The zero-order chi connectivity index (χ0) is 20.0. The fourth-order valence-electron chi connectivity index (χ4n) is 2.31. The number of carbonyl (C=O) groups excluding carboxylic acids is 3. The van der Waals surface area contributed by atoms with E-state index in [0.717, 1.165) is 5.56 Å². The fraction of sp³-hybridized carbons (Fsp3) is 0.211. The van der Waals surface area contributed by atoms with Gasteiger partial charge in [0, 0.05) is 0 Å². The number of esters is 2. The van der Waals surface area contributed by atoms with E-state index in [2.05, 4.69) is 20.1 Å². The van der Waals surface area contributed by atoms with E-state index in [1.165, 1.54) is 44.6 Å². The summed E-state index contributed by atoms with van der Waals surface area (Å²) in [6.45, 7) is 1.51. The minimum Gasteiger partial charge on any atom is -0.465 e. The standard InChI is InChI=1S/C19H19FN2O5/c1-11-4-7-15(14(20)8-11)21-10-17(23)22-16-9-12(18(24)26-2)5-6-13(16)19(25)27-3/h4-9,21H,10H2,1-3H3,(H,22,23). The smallest absolute Gasteiger partial charge is 0.339 e. The number of benzene rings is 2. The van der Waals surface area contributed by atoms with E-state index < -0.39 is 23.7 Å². The largest absolute Gasteiger partial charge is 0.465 e. The lowest BCUT2D eigenvalue weighted by molar-refractivity contribution is -0.114. The molecule has 0 aromatic heterocycles. The van der Waals surface area contributed by atoms with Gasteiger partial charge in [-0.05, 0) is 42.8 Å². The predicted octanol–water partition coefficient (Wildman–Crippen LogP) is 2.76. The zero-order valence-electron chi connectivity index (χ0n) is 15.1. The average Bonchev–Trinajstić information content (AvgIpc) is 2.66. The quantitative estimate of drug-likeness (QED) is 0.755. The maximum atomic E-state index is 13.8. The molecule has 2 aromatic rings. The van der Waals surface area contributed by atoms with Gasteiger partial charge in [0.05, 0.1) is 43.3 Å². The molecule has 2 N–H and O–H groups in total. The Balaban J connectivity index is 2.16. The fourth-order valence-corrected chi connectivity index (χ4v) is 2.31. The van der Waals surface area contributed by atoms with Crippen LogP contribution in [-0.4, -0.2) is 38.6 Å². The molecule has 2 rings (SSSR count). The first kappa shape index (κ1) is 19.9. The number of ether oxygens (including phenoxy) is 2. The van der Waals surface area contributed by atoms with E-state index in [1.807, 2.05) is 0 Å². The second-order valence-corrected chi connectivity index (χ2v) is 5.63. The van der Waals surface area contributed by atoms with Crippen molar-refractivity contribution in [1.82, 2.24) is 0 Å². The molecule has 8 heteroatoms. The monoisotopic (exact) mass is 374 g/mol. The third kappa shape index (κ3) is 5.04. The van der Waals surface area contributed by atoms with Crippen molar-refractivity contribution in [2.75, 3.05) is 31.4 Å². The number of anilines is 2. The number of nitrogens with one attached hydrogen (secondary N) is 2. The predicted molar refractivity (Wildman–Crippen MR) is 97.4 cm³/mol. The van der Waals surface area contributed by atoms with Crippen LogP contribution in [0.4, 0.5) is 15.8 Å². The third-order valence-electron chi connectivity index (χ3n) is 3.68. The lowest BCUT2D eigenvalue weighted by Crippen LogP contribution is -2.23. The van der Waals surface area contributed by atoms with Crippen LogP contribution in [-0.2, 0) is 14.3 Å². The van der Waals surface area contributed by atoms with Gasteiger partial charge in [0.2, 0.25) is 5.91 Å². The number of rotatable bonds is 6. The van der Waals surface area contributed by atoms with Crippen LogP contribution >= 0.6 is 0 Å². The molecule has 2 aromatic carbocycles.